The molecule has 0 unspecified atom stereocenters. The van der Waals surface area contributed by atoms with Gasteiger partial charge in [0.15, 0.2) is 6.10 Å². The van der Waals surface area contributed by atoms with Crippen molar-refractivity contribution in [1.82, 2.24) is 5.32 Å². The summed E-state index contributed by atoms with van der Waals surface area (Å²) >= 11 is 0. The van der Waals surface area contributed by atoms with E-state index in [4.69, 9.17) is 4.74 Å². The van der Waals surface area contributed by atoms with Crippen molar-refractivity contribution in [3.05, 3.63) is 65.2 Å². The van der Waals surface area contributed by atoms with E-state index in [0.717, 1.165) is 5.56 Å². The summed E-state index contributed by atoms with van der Waals surface area (Å²) in [7, 11) is 0. The van der Waals surface area contributed by atoms with Crippen LogP contribution in [0.3, 0.4) is 0 Å². The average molecular weight is 382 g/mol. The molecule has 0 radical (unpaired) electrons. The molecule has 0 aliphatic carbocycles. The molecule has 0 saturated heterocycles. The fraction of sp³-hybridized carbons (Fsp3) is 0.480. The topological polar surface area (TPSA) is 38.3 Å². The van der Waals surface area contributed by atoms with Crippen LogP contribution in [-0.4, -0.2) is 12.0 Å². The summed E-state index contributed by atoms with van der Waals surface area (Å²) in [5, 5.41) is 3.05. The van der Waals surface area contributed by atoms with E-state index in [-0.39, 0.29) is 22.8 Å². The molecule has 0 aliphatic heterocycles. The fourth-order valence-corrected chi connectivity index (χ4v) is 2.98. The molecule has 0 spiro atoms. The van der Waals surface area contributed by atoms with Gasteiger partial charge in [0.25, 0.3) is 5.91 Å². The zero-order valence-corrected chi connectivity index (χ0v) is 18.6. The zero-order valence-electron chi connectivity index (χ0n) is 18.6. The van der Waals surface area contributed by atoms with E-state index in [2.05, 4.69) is 83.3 Å². The second-order valence-electron chi connectivity index (χ2n) is 9.64. The van der Waals surface area contributed by atoms with Gasteiger partial charge in [-0.15, -0.1) is 0 Å². The second-order valence-corrected chi connectivity index (χ2v) is 9.64. The molecule has 0 aliphatic rings. The van der Waals surface area contributed by atoms with Gasteiger partial charge in [0.05, 0.1) is 6.04 Å². The van der Waals surface area contributed by atoms with Crippen LogP contribution in [0.2, 0.25) is 0 Å². The van der Waals surface area contributed by atoms with Crippen LogP contribution in [0.25, 0.3) is 0 Å². The highest BCUT2D eigenvalue weighted by Crippen LogP contribution is 2.25. The molecule has 2 atom stereocenters. The van der Waals surface area contributed by atoms with Gasteiger partial charge >= 0.3 is 0 Å². The Bertz CT molecular complexity index is 777. The van der Waals surface area contributed by atoms with Gasteiger partial charge in [-0.2, -0.15) is 0 Å². The molecule has 3 nitrogen and oxygen atoms in total. The second kappa shape index (κ2) is 8.38. The van der Waals surface area contributed by atoms with E-state index in [1.165, 1.54) is 11.1 Å². The number of carbonyl (C=O) groups is 1. The smallest absolute Gasteiger partial charge is 0.261 e. The van der Waals surface area contributed by atoms with E-state index in [1.807, 2.05) is 19.1 Å². The van der Waals surface area contributed by atoms with Crippen molar-refractivity contribution in [2.45, 2.75) is 78.4 Å². The molecule has 2 aromatic rings. The SMILES string of the molecule is C[C@@H](Oc1ccc(C(C)(C)C)cc1)C(=O)N[C@H](C)c1ccc(C(C)(C)C)cc1. The molecule has 28 heavy (non-hydrogen) atoms. The van der Waals surface area contributed by atoms with Crippen LogP contribution in [-0.2, 0) is 15.6 Å². The summed E-state index contributed by atoms with van der Waals surface area (Å²) in [6.07, 6.45) is -0.559. The third kappa shape index (κ3) is 5.85. The summed E-state index contributed by atoms with van der Waals surface area (Å²) in [5.74, 6) is 0.588. The Morgan fingerprint density at radius 2 is 1.21 bits per heavy atom. The Morgan fingerprint density at radius 3 is 1.64 bits per heavy atom. The number of ether oxygens (including phenoxy) is 1. The van der Waals surface area contributed by atoms with Crippen LogP contribution >= 0.6 is 0 Å². The van der Waals surface area contributed by atoms with Crippen molar-refractivity contribution in [1.29, 1.82) is 0 Å². The van der Waals surface area contributed by atoms with E-state index in [9.17, 15) is 4.79 Å². The van der Waals surface area contributed by atoms with Gasteiger partial charge in [0.1, 0.15) is 5.75 Å². The lowest BCUT2D eigenvalue weighted by Crippen LogP contribution is -2.37. The first-order valence-corrected chi connectivity index (χ1v) is 10.1. The van der Waals surface area contributed by atoms with Gasteiger partial charge in [0.2, 0.25) is 0 Å². The average Bonchev–Trinajstić information content (AvgIpc) is 2.60. The number of hydrogen-bond donors (Lipinski definition) is 1. The lowest BCUT2D eigenvalue weighted by molar-refractivity contribution is -0.127. The van der Waals surface area contributed by atoms with Crippen LogP contribution in [0.1, 0.15) is 78.1 Å². The predicted octanol–water partition coefficient (Wildman–Crippen LogP) is 5.93. The third-order valence-electron chi connectivity index (χ3n) is 5.04. The lowest BCUT2D eigenvalue weighted by atomic mass is 9.86. The highest BCUT2D eigenvalue weighted by Gasteiger charge is 2.19. The minimum atomic E-state index is -0.559. The maximum atomic E-state index is 12.5. The van der Waals surface area contributed by atoms with Crippen molar-refractivity contribution in [2.75, 3.05) is 0 Å². The summed E-state index contributed by atoms with van der Waals surface area (Å²) < 4.78 is 5.83. The normalized spacial score (nSPS) is 14.3. The van der Waals surface area contributed by atoms with E-state index < -0.39 is 6.10 Å². The predicted molar refractivity (Wildman–Crippen MR) is 117 cm³/mol. The first-order chi connectivity index (χ1) is 12.9. The molecule has 0 fully saturated rings. The molecule has 2 aromatic carbocycles. The summed E-state index contributed by atoms with van der Waals surface area (Å²) in [6.45, 7) is 16.9. The number of nitrogens with one attached hydrogen (secondary N) is 1. The number of carbonyl (C=O) groups excluding carboxylic acids is 1. The Labute approximate surface area is 170 Å². The van der Waals surface area contributed by atoms with Crippen molar-refractivity contribution in [3.63, 3.8) is 0 Å². The highest BCUT2D eigenvalue weighted by molar-refractivity contribution is 5.81. The van der Waals surface area contributed by atoms with E-state index in [1.54, 1.807) is 6.92 Å². The summed E-state index contributed by atoms with van der Waals surface area (Å²) in [4.78, 5) is 12.5. The van der Waals surface area contributed by atoms with Crippen molar-refractivity contribution >= 4 is 5.91 Å². The molecule has 2 rings (SSSR count). The number of amides is 1. The molecule has 1 amide bonds. The minimum absolute atomic E-state index is 0.0733. The highest BCUT2D eigenvalue weighted by atomic mass is 16.5. The molecule has 152 valence electrons. The number of hydrogen-bond acceptors (Lipinski definition) is 2. The largest absolute Gasteiger partial charge is 0.481 e. The maximum absolute atomic E-state index is 12.5. The molecular formula is C25H35NO2. The van der Waals surface area contributed by atoms with Gasteiger partial charge in [0, 0.05) is 0 Å². The molecule has 0 heterocycles. The molecule has 3 heteroatoms. The standard InChI is InChI=1S/C25H35NO2/c1-17(19-9-11-20(12-10-19)24(3,4)5)26-23(27)18(2)28-22-15-13-21(14-16-22)25(6,7)8/h9-18H,1-8H3,(H,26,27)/t17-,18-/m1/s1. The van der Waals surface area contributed by atoms with Crippen molar-refractivity contribution in [2.24, 2.45) is 0 Å². The Balaban J connectivity index is 1.96. The molecule has 1 N–H and O–H groups in total. The van der Waals surface area contributed by atoms with Gasteiger partial charge in [-0.3, -0.25) is 4.79 Å². The molecule has 0 saturated carbocycles. The quantitative estimate of drug-likeness (QED) is 0.697. The van der Waals surface area contributed by atoms with Crippen LogP contribution < -0.4 is 10.1 Å². The lowest BCUT2D eigenvalue weighted by Gasteiger charge is -2.22. The minimum Gasteiger partial charge on any atom is -0.481 e. The summed E-state index contributed by atoms with van der Waals surface area (Å²) in [6, 6.07) is 16.3. The van der Waals surface area contributed by atoms with Crippen LogP contribution in [0.5, 0.6) is 5.75 Å². The monoisotopic (exact) mass is 381 g/mol. The molecule has 0 aromatic heterocycles. The molecular weight excluding hydrogens is 346 g/mol. The molecule has 0 bridgehead atoms. The van der Waals surface area contributed by atoms with Crippen LogP contribution in [0.15, 0.2) is 48.5 Å². The summed E-state index contributed by atoms with van der Waals surface area (Å²) in [5.41, 5.74) is 3.83. The van der Waals surface area contributed by atoms with Gasteiger partial charge < -0.3 is 10.1 Å². The Morgan fingerprint density at radius 1 is 0.786 bits per heavy atom. The van der Waals surface area contributed by atoms with Crippen LogP contribution in [0.4, 0.5) is 0 Å². The first-order valence-electron chi connectivity index (χ1n) is 10.1. The van der Waals surface area contributed by atoms with Gasteiger partial charge in [-0.25, -0.2) is 0 Å². The first kappa shape index (κ1) is 22.0. The zero-order chi connectivity index (χ0) is 21.1. The van der Waals surface area contributed by atoms with Crippen molar-refractivity contribution in [3.8, 4) is 5.75 Å². The maximum Gasteiger partial charge on any atom is 0.261 e. The van der Waals surface area contributed by atoms with Gasteiger partial charge in [-0.1, -0.05) is 77.9 Å². The number of rotatable bonds is 5. The third-order valence-corrected chi connectivity index (χ3v) is 5.04. The van der Waals surface area contributed by atoms with Gasteiger partial charge in [-0.05, 0) is 53.5 Å². The van der Waals surface area contributed by atoms with E-state index >= 15 is 0 Å². The Kier molecular flexibility index (Phi) is 6.59. The fourth-order valence-electron chi connectivity index (χ4n) is 2.98. The number of benzene rings is 2. The van der Waals surface area contributed by atoms with Crippen molar-refractivity contribution < 1.29 is 9.53 Å². The van der Waals surface area contributed by atoms with E-state index in [0.29, 0.717) is 5.75 Å². The Hall–Kier alpha value is -2.29. The van der Waals surface area contributed by atoms with Crippen LogP contribution in [0, 0.1) is 0 Å².